The van der Waals surface area contributed by atoms with Crippen LogP contribution >= 0.6 is 0 Å². The summed E-state index contributed by atoms with van der Waals surface area (Å²) in [6.07, 6.45) is 0. The van der Waals surface area contributed by atoms with Crippen molar-refractivity contribution in [2.75, 3.05) is 38.2 Å². The smallest absolute Gasteiger partial charge is 0.337 e. The minimum atomic E-state index is -0.290. The molecule has 2 heterocycles. The molecule has 0 aliphatic carbocycles. The van der Waals surface area contributed by atoms with Gasteiger partial charge in [-0.1, -0.05) is 26.0 Å². The maximum Gasteiger partial charge on any atom is 0.337 e. The minimum Gasteiger partial charge on any atom is -0.465 e. The zero-order valence-corrected chi connectivity index (χ0v) is 16.6. The minimum absolute atomic E-state index is 0.290. The molecule has 27 heavy (non-hydrogen) atoms. The number of ether oxygens (including phenoxy) is 1. The van der Waals surface area contributed by atoms with Crippen LogP contribution in [-0.4, -0.2) is 54.1 Å². The van der Waals surface area contributed by atoms with E-state index < -0.39 is 0 Å². The summed E-state index contributed by atoms with van der Waals surface area (Å²) < 4.78 is 4.81. The van der Waals surface area contributed by atoms with Gasteiger partial charge in [0.2, 0.25) is 0 Å². The molecule has 0 unspecified atom stereocenters. The lowest BCUT2D eigenvalue weighted by Crippen LogP contribution is -2.46. The summed E-state index contributed by atoms with van der Waals surface area (Å²) in [5.41, 5.74) is 2.75. The number of benzene rings is 1. The first-order valence-electron chi connectivity index (χ1n) is 9.46. The van der Waals surface area contributed by atoms with E-state index in [1.807, 2.05) is 19.1 Å². The van der Waals surface area contributed by atoms with Crippen LogP contribution in [0.1, 0.15) is 47.2 Å². The monoisotopic (exact) mass is 368 g/mol. The molecule has 144 valence electrons. The number of nitrogens with zero attached hydrogens (tertiary/aromatic N) is 4. The molecule has 1 fully saturated rings. The predicted molar refractivity (Wildman–Crippen MR) is 106 cm³/mol. The lowest BCUT2D eigenvalue weighted by molar-refractivity contribution is 0.0600. The Morgan fingerprint density at radius 3 is 2.56 bits per heavy atom. The highest BCUT2D eigenvalue weighted by Crippen LogP contribution is 2.19. The van der Waals surface area contributed by atoms with E-state index in [9.17, 15) is 4.79 Å². The van der Waals surface area contributed by atoms with Crippen LogP contribution in [-0.2, 0) is 11.3 Å². The van der Waals surface area contributed by atoms with Crippen molar-refractivity contribution < 1.29 is 9.53 Å². The summed E-state index contributed by atoms with van der Waals surface area (Å²) in [5, 5.41) is 0. The van der Waals surface area contributed by atoms with Crippen molar-refractivity contribution in [1.82, 2.24) is 14.9 Å². The largest absolute Gasteiger partial charge is 0.465 e. The van der Waals surface area contributed by atoms with Crippen LogP contribution in [0.5, 0.6) is 0 Å². The molecule has 6 nitrogen and oxygen atoms in total. The molecule has 1 aromatic heterocycles. The topological polar surface area (TPSA) is 58.6 Å². The van der Waals surface area contributed by atoms with Gasteiger partial charge >= 0.3 is 5.97 Å². The standard InChI is InChI=1S/C21H28N4O2/c1-15(2)20-22-16(3)12-19(23-20)25-10-8-24(9-11-25)14-17-6-5-7-18(13-17)21(26)27-4/h5-7,12-13,15H,8-11,14H2,1-4H3. The second kappa shape index (κ2) is 8.48. The Morgan fingerprint density at radius 1 is 1.15 bits per heavy atom. The van der Waals surface area contributed by atoms with Crippen molar-refractivity contribution in [1.29, 1.82) is 0 Å². The van der Waals surface area contributed by atoms with Crippen LogP contribution in [0.15, 0.2) is 30.3 Å². The Balaban J connectivity index is 1.62. The molecule has 0 saturated carbocycles. The third kappa shape index (κ3) is 4.83. The van der Waals surface area contributed by atoms with Crippen molar-refractivity contribution in [3.63, 3.8) is 0 Å². The van der Waals surface area contributed by atoms with Crippen molar-refractivity contribution >= 4 is 11.8 Å². The predicted octanol–water partition coefficient (Wildman–Crippen LogP) is 3.02. The number of piperazine rings is 1. The Labute approximate surface area is 161 Å². The highest BCUT2D eigenvalue weighted by Gasteiger charge is 2.20. The maximum atomic E-state index is 11.7. The molecule has 0 radical (unpaired) electrons. The molecule has 1 aliphatic heterocycles. The molecule has 0 N–H and O–H groups in total. The molecule has 0 spiro atoms. The van der Waals surface area contributed by atoms with E-state index in [0.29, 0.717) is 11.5 Å². The van der Waals surface area contributed by atoms with Gasteiger partial charge in [0.15, 0.2) is 0 Å². The van der Waals surface area contributed by atoms with Gasteiger partial charge in [-0.15, -0.1) is 0 Å². The number of aryl methyl sites for hydroxylation is 1. The molecule has 1 aromatic carbocycles. The number of aromatic nitrogens is 2. The van der Waals surface area contributed by atoms with Gasteiger partial charge in [0.05, 0.1) is 12.7 Å². The number of carbonyl (C=O) groups excluding carboxylic acids is 1. The van der Waals surface area contributed by atoms with E-state index in [0.717, 1.165) is 55.6 Å². The molecule has 0 atom stereocenters. The quantitative estimate of drug-likeness (QED) is 0.756. The van der Waals surface area contributed by atoms with Gasteiger partial charge in [0.1, 0.15) is 11.6 Å². The molecule has 6 heteroatoms. The zero-order chi connectivity index (χ0) is 19.4. The Kier molecular flexibility index (Phi) is 6.06. The molecule has 2 aromatic rings. The molecule has 0 amide bonds. The van der Waals surface area contributed by atoms with E-state index in [1.54, 1.807) is 6.07 Å². The van der Waals surface area contributed by atoms with E-state index in [-0.39, 0.29) is 5.97 Å². The SMILES string of the molecule is COC(=O)c1cccc(CN2CCN(c3cc(C)nc(C(C)C)n3)CC2)c1. The summed E-state index contributed by atoms with van der Waals surface area (Å²) in [6.45, 7) is 10.9. The number of carbonyl (C=O) groups is 1. The fourth-order valence-corrected chi connectivity index (χ4v) is 3.30. The summed E-state index contributed by atoms with van der Waals surface area (Å²) in [7, 11) is 1.41. The van der Waals surface area contributed by atoms with Crippen LogP contribution in [0.2, 0.25) is 0 Å². The highest BCUT2D eigenvalue weighted by molar-refractivity contribution is 5.89. The summed E-state index contributed by atoms with van der Waals surface area (Å²) in [4.78, 5) is 25.7. The van der Waals surface area contributed by atoms with Crippen LogP contribution in [0, 0.1) is 6.92 Å². The Hall–Kier alpha value is -2.47. The first kappa shape index (κ1) is 19.3. The maximum absolute atomic E-state index is 11.7. The van der Waals surface area contributed by atoms with Gasteiger partial charge in [0.25, 0.3) is 0 Å². The van der Waals surface area contributed by atoms with Gasteiger partial charge in [-0.3, -0.25) is 4.90 Å². The van der Waals surface area contributed by atoms with E-state index in [4.69, 9.17) is 9.72 Å². The Morgan fingerprint density at radius 2 is 1.89 bits per heavy atom. The van der Waals surface area contributed by atoms with Crippen LogP contribution in [0.25, 0.3) is 0 Å². The molecular weight excluding hydrogens is 340 g/mol. The van der Waals surface area contributed by atoms with Crippen LogP contribution in [0.3, 0.4) is 0 Å². The summed E-state index contributed by atoms with van der Waals surface area (Å²) >= 11 is 0. The number of methoxy groups -OCH3 is 1. The van der Waals surface area contributed by atoms with E-state index in [2.05, 4.69) is 40.8 Å². The number of rotatable bonds is 5. The second-order valence-corrected chi connectivity index (χ2v) is 7.34. The third-order valence-electron chi connectivity index (χ3n) is 4.82. The van der Waals surface area contributed by atoms with Gasteiger partial charge in [0, 0.05) is 50.4 Å². The average molecular weight is 368 g/mol. The number of hydrogen-bond acceptors (Lipinski definition) is 6. The van der Waals surface area contributed by atoms with Crippen LogP contribution in [0.4, 0.5) is 5.82 Å². The third-order valence-corrected chi connectivity index (χ3v) is 4.82. The van der Waals surface area contributed by atoms with E-state index >= 15 is 0 Å². The second-order valence-electron chi connectivity index (χ2n) is 7.34. The normalized spacial score (nSPS) is 15.2. The van der Waals surface area contributed by atoms with Gasteiger partial charge in [-0.2, -0.15) is 0 Å². The number of esters is 1. The van der Waals surface area contributed by atoms with E-state index in [1.165, 1.54) is 7.11 Å². The van der Waals surface area contributed by atoms with Gasteiger partial charge < -0.3 is 9.64 Å². The van der Waals surface area contributed by atoms with Crippen molar-refractivity contribution in [2.24, 2.45) is 0 Å². The lowest BCUT2D eigenvalue weighted by Gasteiger charge is -2.35. The fourth-order valence-electron chi connectivity index (χ4n) is 3.30. The average Bonchev–Trinajstić information content (AvgIpc) is 2.67. The molecule has 0 bridgehead atoms. The first-order chi connectivity index (χ1) is 13.0. The van der Waals surface area contributed by atoms with Crippen molar-refractivity contribution in [3.05, 3.63) is 53.0 Å². The molecule has 1 aliphatic rings. The fraction of sp³-hybridized carbons (Fsp3) is 0.476. The highest BCUT2D eigenvalue weighted by atomic mass is 16.5. The van der Waals surface area contributed by atoms with Gasteiger partial charge in [-0.05, 0) is 24.6 Å². The Bertz CT molecular complexity index is 799. The molecule has 1 saturated heterocycles. The van der Waals surface area contributed by atoms with Crippen molar-refractivity contribution in [2.45, 2.75) is 33.2 Å². The van der Waals surface area contributed by atoms with Gasteiger partial charge in [-0.25, -0.2) is 14.8 Å². The lowest BCUT2D eigenvalue weighted by atomic mass is 10.1. The van der Waals surface area contributed by atoms with Crippen LogP contribution < -0.4 is 4.90 Å². The van der Waals surface area contributed by atoms with Crippen molar-refractivity contribution in [3.8, 4) is 0 Å². The number of hydrogen-bond donors (Lipinski definition) is 0. The molecule has 3 rings (SSSR count). The number of anilines is 1. The first-order valence-corrected chi connectivity index (χ1v) is 9.46. The zero-order valence-electron chi connectivity index (χ0n) is 16.6. The summed E-state index contributed by atoms with van der Waals surface area (Å²) in [6, 6.07) is 9.75. The summed E-state index contributed by atoms with van der Waals surface area (Å²) in [5.74, 6) is 1.97. The molecular formula is C21H28N4O2.